The van der Waals surface area contributed by atoms with E-state index < -0.39 is 0 Å². The number of furan rings is 1. The van der Waals surface area contributed by atoms with Crippen molar-refractivity contribution in [2.45, 2.75) is 6.61 Å². The van der Waals surface area contributed by atoms with Gasteiger partial charge in [0.2, 0.25) is 0 Å². The number of benzene rings is 2. The van der Waals surface area contributed by atoms with Crippen LogP contribution in [0, 0.1) is 5.82 Å². The molecule has 1 heterocycles. The predicted molar refractivity (Wildman–Crippen MR) is 72.0 cm³/mol. The first kappa shape index (κ1) is 12.1. The number of rotatable bonds is 3. The molecule has 0 amide bonds. The summed E-state index contributed by atoms with van der Waals surface area (Å²) < 4.78 is 24.1. The van der Waals surface area contributed by atoms with Gasteiger partial charge in [-0.05, 0) is 36.4 Å². The Labute approximate surface area is 114 Å². The van der Waals surface area contributed by atoms with Gasteiger partial charge in [-0.25, -0.2) is 4.39 Å². The van der Waals surface area contributed by atoms with Crippen LogP contribution >= 0.6 is 11.6 Å². The number of ether oxygens (including phenoxy) is 1. The lowest BCUT2D eigenvalue weighted by Gasteiger charge is -2.03. The smallest absolute Gasteiger partial charge is 0.146 e. The first-order chi connectivity index (χ1) is 9.20. The summed E-state index contributed by atoms with van der Waals surface area (Å²) in [5.41, 5.74) is 0.518. The lowest BCUT2D eigenvalue weighted by atomic mass is 10.2. The van der Waals surface area contributed by atoms with Gasteiger partial charge in [-0.2, -0.15) is 0 Å². The molecule has 0 aliphatic rings. The molecule has 3 rings (SSSR count). The SMILES string of the molecule is Fc1ccc2cc(COc3cccc(Cl)c3)oc2c1. The highest BCUT2D eigenvalue weighted by atomic mass is 35.5. The third-order valence-electron chi connectivity index (χ3n) is 2.71. The zero-order valence-electron chi connectivity index (χ0n) is 9.90. The molecule has 0 saturated heterocycles. The standard InChI is InChI=1S/C15H10ClFO2/c16-11-2-1-3-13(7-11)18-9-14-6-10-4-5-12(17)8-15(10)19-14/h1-8H,9H2. The molecule has 96 valence electrons. The molecule has 0 aliphatic heterocycles. The van der Waals surface area contributed by atoms with E-state index in [2.05, 4.69) is 0 Å². The summed E-state index contributed by atoms with van der Waals surface area (Å²) in [6.45, 7) is 0.274. The molecule has 0 aliphatic carbocycles. The summed E-state index contributed by atoms with van der Waals surface area (Å²) in [6.07, 6.45) is 0. The minimum Gasteiger partial charge on any atom is -0.486 e. The topological polar surface area (TPSA) is 22.4 Å². The number of hydrogen-bond donors (Lipinski definition) is 0. The van der Waals surface area contributed by atoms with Crippen LogP contribution in [0.2, 0.25) is 5.02 Å². The van der Waals surface area contributed by atoms with Crippen LogP contribution < -0.4 is 4.74 Å². The van der Waals surface area contributed by atoms with Crippen LogP contribution in [0.25, 0.3) is 11.0 Å². The Balaban J connectivity index is 1.78. The van der Waals surface area contributed by atoms with Crippen molar-refractivity contribution in [3.05, 3.63) is 65.1 Å². The van der Waals surface area contributed by atoms with Gasteiger partial charge in [-0.1, -0.05) is 17.7 Å². The largest absolute Gasteiger partial charge is 0.486 e. The van der Waals surface area contributed by atoms with Gasteiger partial charge in [0.25, 0.3) is 0 Å². The minimum atomic E-state index is -0.316. The number of halogens is 2. The van der Waals surface area contributed by atoms with Crippen LogP contribution in [0.15, 0.2) is 52.9 Å². The van der Waals surface area contributed by atoms with Gasteiger partial charge in [-0.3, -0.25) is 0 Å². The molecule has 0 unspecified atom stereocenters. The molecule has 2 aromatic carbocycles. The molecule has 0 N–H and O–H groups in total. The molecule has 0 saturated carbocycles. The maximum Gasteiger partial charge on any atom is 0.146 e. The molecule has 0 fully saturated rings. The second kappa shape index (κ2) is 4.94. The Hall–Kier alpha value is -2.00. The molecule has 2 nitrogen and oxygen atoms in total. The second-order valence-electron chi connectivity index (χ2n) is 4.14. The Bertz CT molecular complexity index is 721. The molecule has 0 bridgehead atoms. The highest BCUT2D eigenvalue weighted by Crippen LogP contribution is 2.23. The Morgan fingerprint density at radius 1 is 1.11 bits per heavy atom. The monoisotopic (exact) mass is 276 g/mol. The lowest BCUT2D eigenvalue weighted by molar-refractivity contribution is 0.274. The van der Waals surface area contributed by atoms with E-state index in [-0.39, 0.29) is 12.4 Å². The average molecular weight is 277 g/mol. The van der Waals surface area contributed by atoms with Crippen LogP contribution in [0.1, 0.15) is 5.76 Å². The number of fused-ring (bicyclic) bond motifs is 1. The quantitative estimate of drug-likeness (QED) is 0.685. The average Bonchev–Trinajstić information content (AvgIpc) is 2.78. The van der Waals surface area contributed by atoms with Gasteiger partial charge in [-0.15, -0.1) is 0 Å². The molecular weight excluding hydrogens is 267 g/mol. The fourth-order valence-electron chi connectivity index (χ4n) is 1.84. The van der Waals surface area contributed by atoms with Crippen molar-refractivity contribution < 1.29 is 13.5 Å². The van der Waals surface area contributed by atoms with E-state index in [0.717, 1.165) is 5.39 Å². The summed E-state index contributed by atoms with van der Waals surface area (Å²) in [7, 11) is 0. The van der Waals surface area contributed by atoms with Crippen LogP contribution in [0.3, 0.4) is 0 Å². The summed E-state index contributed by atoms with van der Waals surface area (Å²) in [6, 6.07) is 13.4. The van der Waals surface area contributed by atoms with E-state index in [0.29, 0.717) is 22.1 Å². The fraction of sp³-hybridized carbons (Fsp3) is 0.0667. The normalized spacial score (nSPS) is 10.8. The van der Waals surface area contributed by atoms with Crippen molar-refractivity contribution in [3.8, 4) is 5.75 Å². The Kier molecular flexibility index (Phi) is 3.13. The van der Waals surface area contributed by atoms with Gasteiger partial charge < -0.3 is 9.15 Å². The summed E-state index contributed by atoms with van der Waals surface area (Å²) in [5.74, 6) is 0.990. The molecule has 0 radical (unpaired) electrons. The van der Waals surface area contributed by atoms with Gasteiger partial charge in [0.05, 0.1) is 0 Å². The van der Waals surface area contributed by atoms with Crippen molar-refractivity contribution in [1.82, 2.24) is 0 Å². The van der Waals surface area contributed by atoms with E-state index in [1.54, 1.807) is 18.2 Å². The fourth-order valence-corrected chi connectivity index (χ4v) is 2.02. The van der Waals surface area contributed by atoms with E-state index in [1.807, 2.05) is 18.2 Å². The minimum absolute atomic E-state index is 0.274. The van der Waals surface area contributed by atoms with Crippen molar-refractivity contribution in [2.24, 2.45) is 0 Å². The molecule has 19 heavy (non-hydrogen) atoms. The van der Waals surface area contributed by atoms with Crippen LogP contribution in [0.4, 0.5) is 4.39 Å². The third kappa shape index (κ3) is 2.71. The summed E-state index contributed by atoms with van der Waals surface area (Å²) in [5, 5.41) is 1.47. The summed E-state index contributed by atoms with van der Waals surface area (Å²) in [4.78, 5) is 0. The Morgan fingerprint density at radius 2 is 2.00 bits per heavy atom. The zero-order valence-corrected chi connectivity index (χ0v) is 10.7. The molecule has 1 aromatic heterocycles. The lowest BCUT2D eigenvalue weighted by Crippen LogP contribution is -1.93. The van der Waals surface area contributed by atoms with Crippen molar-refractivity contribution in [1.29, 1.82) is 0 Å². The highest BCUT2D eigenvalue weighted by molar-refractivity contribution is 6.30. The Morgan fingerprint density at radius 3 is 2.84 bits per heavy atom. The van der Waals surface area contributed by atoms with Gasteiger partial charge >= 0.3 is 0 Å². The zero-order chi connectivity index (χ0) is 13.2. The molecular formula is C15H10ClFO2. The highest BCUT2D eigenvalue weighted by Gasteiger charge is 2.05. The van der Waals surface area contributed by atoms with E-state index in [4.69, 9.17) is 20.8 Å². The van der Waals surface area contributed by atoms with Gasteiger partial charge in [0, 0.05) is 16.5 Å². The van der Waals surface area contributed by atoms with Crippen LogP contribution in [0.5, 0.6) is 5.75 Å². The van der Waals surface area contributed by atoms with Gasteiger partial charge in [0.15, 0.2) is 0 Å². The van der Waals surface area contributed by atoms with E-state index in [9.17, 15) is 4.39 Å². The first-order valence-electron chi connectivity index (χ1n) is 5.77. The molecule has 0 atom stereocenters. The predicted octanol–water partition coefficient (Wildman–Crippen LogP) is 4.80. The molecule has 3 aromatic rings. The van der Waals surface area contributed by atoms with Crippen molar-refractivity contribution >= 4 is 22.6 Å². The maximum atomic E-state index is 13.0. The van der Waals surface area contributed by atoms with Crippen LogP contribution in [-0.4, -0.2) is 0 Å². The van der Waals surface area contributed by atoms with Crippen LogP contribution in [-0.2, 0) is 6.61 Å². The molecule has 0 spiro atoms. The summed E-state index contributed by atoms with van der Waals surface area (Å²) >= 11 is 5.86. The van der Waals surface area contributed by atoms with E-state index >= 15 is 0 Å². The molecule has 4 heteroatoms. The number of hydrogen-bond acceptors (Lipinski definition) is 2. The van der Waals surface area contributed by atoms with Gasteiger partial charge in [0.1, 0.15) is 29.5 Å². The van der Waals surface area contributed by atoms with E-state index in [1.165, 1.54) is 12.1 Å². The third-order valence-corrected chi connectivity index (χ3v) is 2.95. The first-order valence-corrected chi connectivity index (χ1v) is 6.15. The second-order valence-corrected chi connectivity index (χ2v) is 4.58. The van der Waals surface area contributed by atoms with Crippen molar-refractivity contribution in [3.63, 3.8) is 0 Å². The van der Waals surface area contributed by atoms with Crippen molar-refractivity contribution in [2.75, 3.05) is 0 Å². The maximum absolute atomic E-state index is 13.0.